The number of fused-ring (bicyclic) bond motifs is 1. The van der Waals surface area contributed by atoms with Crippen LogP contribution in [0.2, 0.25) is 5.02 Å². The molecule has 0 aromatic heterocycles. The van der Waals surface area contributed by atoms with Crippen LogP contribution in [0.25, 0.3) is 10.8 Å². The highest BCUT2D eigenvalue weighted by Gasteiger charge is 2.26. The molecule has 3 aromatic carbocycles. The number of esters is 1. The van der Waals surface area contributed by atoms with E-state index < -0.39 is 10.0 Å². The number of hydrogen-bond acceptors (Lipinski definition) is 5. The van der Waals surface area contributed by atoms with Gasteiger partial charge in [0.1, 0.15) is 5.75 Å². The monoisotopic (exact) mass is 459 g/mol. The van der Waals surface area contributed by atoms with Crippen molar-refractivity contribution in [2.75, 3.05) is 26.3 Å². The molecule has 0 aliphatic carbocycles. The van der Waals surface area contributed by atoms with E-state index in [1.165, 1.54) is 4.31 Å². The van der Waals surface area contributed by atoms with E-state index >= 15 is 0 Å². The second kappa shape index (κ2) is 9.36. The van der Waals surface area contributed by atoms with Crippen LogP contribution in [0.5, 0.6) is 5.75 Å². The summed E-state index contributed by atoms with van der Waals surface area (Å²) in [7, 11) is -3.52. The number of benzene rings is 3. The van der Waals surface area contributed by atoms with Gasteiger partial charge in [0.2, 0.25) is 10.0 Å². The van der Waals surface area contributed by atoms with Crippen molar-refractivity contribution in [1.29, 1.82) is 0 Å². The molecule has 1 saturated heterocycles. The Balaban J connectivity index is 1.39. The zero-order valence-electron chi connectivity index (χ0n) is 16.8. The Morgan fingerprint density at radius 2 is 1.65 bits per heavy atom. The summed E-state index contributed by atoms with van der Waals surface area (Å²) in [5.74, 6) is 0.106. The highest BCUT2D eigenvalue weighted by Crippen LogP contribution is 2.31. The standard InChI is InChI=1S/C23H22ClNO5S/c24-21-10-11-22(20-4-2-1-3-19(20)21)30-23(26)12-7-17-5-8-18(9-6-17)31(27,28)25-13-15-29-16-14-25/h1-6,8-11H,7,12-16H2. The van der Waals surface area contributed by atoms with Crippen LogP contribution in [0.3, 0.4) is 0 Å². The minimum absolute atomic E-state index is 0.173. The Kier molecular flexibility index (Phi) is 6.57. The average Bonchev–Trinajstić information content (AvgIpc) is 2.80. The van der Waals surface area contributed by atoms with Crippen molar-refractivity contribution in [3.8, 4) is 5.75 Å². The lowest BCUT2D eigenvalue weighted by Crippen LogP contribution is -2.40. The fourth-order valence-corrected chi connectivity index (χ4v) is 5.14. The maximum absolute atomic E-state index is 12.7. The van der Waals surface area contributed by atoms with Crippen molar-refractivity contribution in [2.24, 2.45) is 0 Å². The van der Waals surface area contributed by atoms with Gasteiger partial charge in [-0.15, -0.1) is 0 Å². The van der Waals surface area contributed by atoms with Gasteiger partial charge in [0.05, 0.1) is 18.1 Å². The van der Waals surface area contributed by atoms with Crippen LogP contribution in [-0.4, -0.2) is 45.0 Å². The van der Waals surface area contributed by atoms with Gasteiger partial charge in [0, 0.05) is 35.3 Å². The first kappa shape index (κ1) is 21.8. The maximum atomic E-state index is 12.7. The lowest BCUT2D eigenvalue weighted by Gasteiger charge is -2.26. The van der Waals surface area contributed by atoms with Crippen LogP contribution in [-0.2, 0) is 26.0 Å². The van der Waals surface area contributed by atoms with E-state index in [1.807, 2.05) is 24.3 Å². The zero-order valence-corrected chi connectivity index (χ0v) is 18.4. The van der Waals surface area contributed by atoms with Crippen LogP contribution in [0.4, 0.5) is 0 Å². The Labute approximate surface area is 186 Å². The summed E-state index contributed by atoms with van der Waals surface area (Å²) in [5, 5.41) is 2.20. The van der Waals surface area contributed by atoms with Crippen LogP contribution in [0, 0.1) is 0 Å². The summed E-state index contributed by atoms with van der Waals surface area (Å²) < 4.78 is 37.6. The van der Waals surface area contributed by atoms with Gasteiger partial charge >= 0.3 is 5.97 Å². The number of morpholine rings is 1. The number of hydrogen-bond donors (Lipinski definition) is 0. The SMILES string of the molecule is O=C(CCc1ccc(S(=O)(=O)N2CCOCC2)cc1)Oc1ccc(Cl)c2ccccc12. The minimum atomic E-state index is -3.52. The third-order valence-corrected chi connectivity index (χ3v) is 7.45. The number of nitrogens with zero attached hydrogens (tertiary/aromatic N) is 1. The topological polar surface area (TPSA) is 72.9 Å². The molecule has 0 atom stereocenters. The maximum Gasteiger partial charge on any atom is 0.311 e. The van der Waals surface area contributed by atoms with Crippen molar-refractivity contribution in [1.82, 2.24) is 4.31 Å². The molecule has 0 N–H and O–H groups in total. The van der Waals surface area contributed by atoms with Gasteiger partial charge in [-0.2, -0.15) is 4.31 Å². The van der Waals surface area contributed by atoms with Crippen molar-refractivity contribution >= 4 is 38.4 Å². The van der Waals surface area contributed by atoms with E-state index in [-0.39, 0.29) is 17.3 Å². The number of aryl methyl sites for hydroxylation is 1. The number of carbonyl (C=O) groups excluding carboxylic acids is 1. The first-order chi connectivity index (χ1) is 14.9. The number of halogens is 1. The molecule has 162 valence electrons. The third kappa shape index (κ3) is 4.91. The molecule has 6 nitrogen and oxygen atoms in total. The molecule has 0 radical (unpaired) electrons. The molecule has 4 rings (SSSR count). The van der Waals surface area contributed by atoms with Gasteiger partial charge in [0.15, 0.2) is 0 Å². The molecule has 0 saturated carbocycles. The first-order valence-electron chi connectivity index (χ1n) is 10.00. The number of sulfonamides is 1. The van der Waals surface area contributed by atoms with E-state index in [0.717, 1.165) is 16.3 Å². The van der Waals surface area contributed by atoms with Crippen LogP contribution in [0.15, 0.2) is 65.6 Å². The van der Waals surface area contributed by atoms with Crippen LogP contribution < -0.4 is 4.74 Å². The lowest BCUT2D eigenvalue weighted by atomic mass is 10.1. The molecule has 0 spiro atoms. The molecule has 8 heteroatoms. The molecule has 31 heavy (non-hydrogen) atoms. The quantitative estimate of drug-likeness (QED) is 0.410. The highest BCUT2D eigenvalue weighted by atomic mass is 35.5. The summed E-state index contributed by atoms with van der Waals surface area (Å²) in [6.07, 6.45) is 0.620. The predicted molar refractivity (Wildman–Crippen MR) is 119 cm³/mol. The average molecular weight is 460 g/mol. The number of rotatable bonds is 6. The van der Waals surface area contributed by atoms with E-state index in [4.69, 9.17) is 21.1 Å². The smallest absolute Gasteiger partial charge is 0.311 e. The molecular formula is C23H22ClNO5S. The van der Waals surface area contributed by atoms with E-state index in [2.05, 4.69) is 0 Å². The zero-order chi connectivity index (χ0) is 21.8. The Morgan fingerprint density at radius 3 is 2.35 bits per heavy atom. The third-order valence-electron chi connectivity index (χ3n) is 5.20. The highest BCUT2D eigenvalue weighted by molar-refractivity contribution is 7.89. The van der Waals surface area contributed by atoms with Gasteiger partial charge in [-0.3, -0.25) is 4.79 Å². The summed E-state index contributed by atoms with van der Waals surface area (Å²) in [4.78, 5) is 12.6. The molecule has 1 aliphatic rings. The summed E-state index contributed by atoms with van der Waals surface area (Å²) in [5.41, 5.74) is 0.860. The Bertz CT molecular complexity index is 1190. The van der Waals surface area contributed by atoms with Gasteiger partial charge in [-0.25, -0.2) is 8.42 Å². The molecule has 1 fully saturated rings. The molecule has 1 heterocycles. The second-order valence-corrected chi connectivity index (χ2v) is 9.57. The fraction of sp³-hybridized carbons (Fsp3) is 0.261. The van der Waals surface area contributed by atoms with E-state index in [1.54, 1.807) is 36.4 Å². The molecule has 0 amide bonds. The van der Waals surface area contributed by atoms with Gasteiger partial charge in [-0.1, -0.05) is 48.0 Å². The van der Waals surface area contributed by atoms with Crippen LogP contribution >= 0.6 is 11.6 Å². The van der Waals surface area contributed by atoms with E-state index in [0.29, 0.717) is 43.5 Å². The van der Waals surface area contributed by atoms with Crippen molar-refractivity contribution in [3.63, 3.8) is 0 Å². The first-order valence-corrected chi connectivity index (χ1v) is 11.8. The Morgan fingerprint density at radius 1 is 0.968 bits per heavy atom. The van der Waals surface area contributed by atoms with Crippen molar-refractivity contribution in [3.05, 3.63) is 71.2 Å². The van der Waals surface area contributed by atoms with Gasteiger partial charge in [-0.05, 0) is 36.2 Å². The second-order valence-electron chi connectivity index (χ2n) is 7.23. The number of carbonyl (C=O) groups is 1. The molecular weight excluding hydrogens is 438 g/mol. The normalized spacial score (nSPS) is 15.1. The largest absolute Gasteiger partial charge is 0.426 e. The van der Waals surface area contributed by atoms with Crippen molar-refractivity contribution in [2.45, 2.75) is 17.7 Å². The Hall–Kier alpha value is -2.45. The van der Waals surface area contributed by atoms with Gasteiger partial charge < -0.3 is 9.47 Å². The molecule has 3 aromatic rings. The summed E-state index contributed by atoms with van der Waals surface area (Å²) in [6, 6.07) is 17.5. The molecule has 1 aliphatic heterocycles. The molecule has 0 bridgehead atoms. The summed E-state index contributed by atoms with van der Waals surface area (Å²) in [6.45, 7) is 1.52. The fourth-order valence-electron chi connectivity index (χ4n) is 3.51. The summed E-state index contributed by atoms with van der Waals surface area (Å²) >= 11 is 6.21. The minimum Gasteiger partial charge on any atom is -0.426 e. The van der Waals surface area contributed by atoms with Gasteiger partial charge in [0.25, 0.3) is 0 Å². The molecule has 0 unspecified atom stereocenters. The van der Waals surface area contributed by atoms with Crippen LogP contribution in [0.1, 0.15) is 12.0 Å². The lowest BCUT2D eigenvalue weighted by molar-refractivity contribution is -0.134. The predicted octanol–water partition coefficient (Wildman–Crippen LogP) is 4.05. The van der Waals surface area contributed by atoms with E-state index in [9.17, 15) is 13.2 Å². The number of ether oxygens (including phenoxy) is 2. The van der Waals surface area contributed by atoms with Crippen molar-refractivity contribution < 1.29 is 22.7 Å².